The maximum atomic E-state index is 11.0. The molecular formula is C18H20ClN3O2. The summed E-state index contributed by atoms with van der Waals surface area (Å²) >= 11 is 6.07. The molecule has 0 aromatic heterocycles. The first kappa shape index (κ1) is 16.7. The van der Waals surface area contributed by atoms with E-state index in [1.165, 1.54) is 6.07 Å². The molecule has 1 atom stereocenters. The van der Waals surface area contributed by atoms with Gasteiger partial charge in [-0.25, -0.2) is 0 Å². The number of non-ortho nitro benzene ring substituents is 1. The largest absolute Gasteiger partial charge is 0.369 e. The minimum atomic E-state index is -0.340. The Balaban J connectivity index is 1.66. The fraction of sp³-hybridized carbons (Fsp3) is 0.333. The van der Waals surface area contributed by atoms with Crippen LogP contribution in [0, 0.1) is 10.1 Å². The monoisotopic (exact) mass is 345 g/mol. The summed E-state index contributed by atoms with van der Waals surface area (Å²) in [7, 11) is 0. The second-order valence-electron chi connectivity index (χ2n) is 6.03. The zero-order valence-corrected chi connectivity index (χ0v) is 14.3. The second-order valence-corrected chi connectivity index (χ2v) is 6.47. The van der Waals surface area contributed by atoms with Crippen molar-refractivity contribution in [1.82, 2.24) is 4.90 Å². The molecule has 1 saturated heterocycles. The van der Waals surface area contributed by atoms with E-state index in [2.05, 4.69) is 22.8 Å². The summed E-state index contributed by atoms with van der Waals surface area (Å²) in [6.45, 7) is 5.76. The maximum absolute atomic E-state index is 11.0. The van der Waals surface area contributed by atoms with Gasteiger partial charge < -0.3 is 4.90 Å². The molecule has 2 aromatic rings. The van der Waals surface area contributed by atoms with Gasteiger partial charge in [-0.3, -0.25) is 15.0 Å². The number of rotatable bonds is 4. The lowest BCUT2D eigenvalue weighted by Crippen LogP contribution is -2.47. The number of halogens is 1. The van der Waals surface area contributed by atoms with Gasteiger partial charge in [-0.1, -0.05) is 29.8 Å². The van der Waals surface area contributed by atoms with E-state index in [0.717, 1.165) is 42.5 Å². The Hall–Kier alpha value is -2.11. The van der Waals surface area contributed by atoms with Crippen LogP contribution in [0.4, 0.5) is 11.4 Å². The predicted molar refractivity (Wildman–Crippen MR) is 96.7 cm³/mol. The van der Waals surface area contributed by atoms with Gasteiger partial charge in [0, 0.05) is 55.1 Å². The molecule has 0 aliphatic carbocycles. The van der Waals surface area contributed by atoms with E-state index in [1.54, 1.807) is 12.1 Å². The highest BCUT2D eigenvalue weighted by atomic mass is 35.5. The van der Waals surface area contributed by atoms with E-state index < -0.39 is 0 Å². The Morgan fingerprint density at radius 3 is 2.46 bits per heavy atom. The van der Waals surface area contributed by atoms with Crippen LogP contribution in [0.25, 0.3) is 0 Å². The third kappa shape index (κ3) is 3.68. The van der Waals surface area contributed by atoms with Crippen LogP contribution < -0.4 is 4.90 Å². The molecule has 6 heteroatoms. The normalized spacial score (nSPS) is 16.8. The average molecular weight is 346 g/mol. The molecular weight excluding hydrogens is 326 g/mol. The molecule has 0 amide bonds. The SMILES string of the molecule is C[C@@H](c1cccc([N+](=O)[O-])c1)N1CCN(c2cccc(Cl)c2)CC1. The molecule has 1 heterocycles. The van der Waals surface area contributed by atoms with Gasteiger partial charge in [0.2, 0.25) is 0 Å². The molecule has 0 radical (unpaired) electrons. The third-order valence-electron chi connectivity index (χ3n) is 4.60. The molecule has 0 saturated carbocycles. The molecule has 1 aliphatic rings. The van der Waals surface area contributed by atoms with Gasteiger partial charge >= 0.3 is 0 Å². The van der Waals surface area contributed by atoms with E-state index in [9.17, 15) is 10.1 Å². The van der Waals surface area contributed by atoms with Crippen LogP contribution in [0.3, 0.4) is 0 Å². The topological polar surface area (TPSA) is 49.6 Å². The Morgan fingerprint density at radius 2 is 1.79 bits per heavy atom. The van der Waals surface area contributed by atoms with Crippen molar-refractivity contribution in [3.8, 4) is 0 Å². The highest BCUT2D eigenvalue weighted by molar-refractivity contribution is 6.30. The second kappa shape index (κ2) is 7.20. The number of nitrogens with zero attached hydrogens (tertiary/aromatic N) is 3. The number of nitro benzene ring substituents is 1. The predicted octanol–water partition coefficient (Wildman–Crippen LogP) is 4.13. The summed E-state index contributed by atoms with van der Waals surface area (Å²) in [5.74, 6) is 0. The molecule has 24 heavy (non-hydrogen) atoms. The van der Waals surface area contributed by atoms with E-state index in [1.807, 2.05) is 24.3 Å². The van der Waals surface area contributed by atoms with Crippen LogP contribution in [0.15, 0.2) is 48.5 Å². The Kier molecular flexibility index (Phi) is 5.02. The van der Waals surface area contributed by atoms with Gasteiger partial charge in [0.05, 0.1) is 4.92 Å². The van der Waals surface area contributed by atoms with Crippen molar-refractivity contribution in [2.45, 2.75) is 13.0 Å². The van der Waals surface area contributed by atoms with Gasteiger partial charge in [0.15, 0.2) is 0 Å². The zero-order valence-electron chi connectivity index (χ0n) is 13.6. The first-order chi connectivity index (χ1) is 11.5. The Bertz CT molecular complexity index is 730. The van der Waals surface area contributed by atoms with Crippen molar-refractivity contribution >= 4 is 23.0 Å². The van der Waals surface area contributed by atoms with Crippen molar-refractivity contribution in [3.05, 3.63) is 69.2 Å². The molecule has 0 bridgehead atoms. The number of hydrogen-bond donors (Lipinski definition) is 0. The molecule has 0 unspecified atom stereocenters. The van der Waals surface area contributed by atoms with Crippen LogP contribution in [-0.4, -0.2) is 36.0 Å². The Morgan fingerprint density at radius 1 is 1.08 bits per heavy atom. The number of benzene rings is 2. The van der Waals surface area contributed by atoms with Crippen molar-refractivity contribution in [2.75, 3.05) is 31.1 Å². The molecule has 1 fully saturated rings. The molecule has 1 aliphatic heterocycles. The third-order valence-corrected chi connectivity index (χ3v) is 4.83. The lowest BCUT2D eigenvalue weighted by Gasteiger charge is -2.39. The van der Waals surface area contributed by atoms with Crippen molar-refractivity contribution < 1.29 is 4.92 Å². The van der Waals surface area contributed by atoms with Crippen LogP contribution >= 0.6 is 11.6 Å². The molecule has 3 rings (SSSR count). The Labute approximate surface area is 146 Å². The first-order valence-electron chi connectivity index (χ1n) is 8.03. The van der Waals surface area contributed by atoms with Gasteiger partial charge in [-0.15, -0.1) is 0 Å². The van der Waals surface area contributed by atoms with Gasteiger partial charge in [-0.2, -0.15) is 0 Å². The van der Waals surface area contributed by atoms with Gasteiger partial charge in [0.25, 0.3) is 5.69 Å². The molecule has 0 spiro atoms. The highest BCUT2D eigenvalue weighted by Gasteiger charge is 2.23. The van der Waals surface area contributed by atoms with Gasteiger partial charge in [-0.05, 0) is 30.7 Å². The van der Waals surface area contributed by atoms with Crippen LogP contribution in [-0.2, 0) is 0 Å². The highest BCUT2D eigenvalue weighted by Crippen LogP contribution is 2.27. The number of anilines is 1. The number of nitro groups is 1. The summed E-state index contributed by atoms with van der Waals surface area (Å²) in [5, 5.41) is 11.7. The smallest absolute Gasteiger partial charge is 0.269 e. The minimum absolute atomic E-state index is 0.150. The van der Waals surface area contributed by atoms with Crippen LogP contribution in [0.1, 0.15) is 18.5 Å². The lowest BCUT2D eigenvalue weighted by atomic mass is 10.1. The van der Waals surface area contributed by atoms with Crippen molar-refractivity contribution in [1.29, 1.82) is 0 Å². The molecule has 0 N–H and O–H groups in total. The fourth-order valence-electron chi connectivity index (χ4n) is 3.15. The number of hydrogen-bond acceptors (Lipinski definition) is 4. The minimum Gasteiger partial charge on any atom is -0.369 e. The summed E-state index contributed by atoms with van der Waals surface area (Å²) in [6, 6.07) is 15.0. The first-order valence-corrected chi connectivity index (χ1v) is 8.41. The summed E-state index contributed by atoms with van der Waals surface area (Å²) in [5.41, 5.74) is 2.28. The van der Waals surface area contributed by atoms with E-state index >= 15 is 0 Å². The van der Waals surface area contributed by atoms with E-state index in [-0.39, 0.29) is 16.7 Å². The molecule has 126 valence electrons. The standard InChI is InChI=1S/C18H20ClN3O2/c1-14(15-4-2-7-18(12-15)22(23)24)20-8-10-21(11-9-20)17-6-3-5-16(19)13-17/h2-7,12-14H,8-11H2,1H3/t14-/m0/s1. The zero-order chi connectivity index (χ0) is 17.1. The summed E-state index contributed by atoms with van der Waals surface area (Å²) < 4.78 is 0. The fourth-order valence-corrected chi connectivity index (χ4v) is 3.33. The number of piperazine rings is 1. The average Bonchev–Trinajstić information content (AvgIpc) is 2.61. The van der Waals surface area contributed by atoms with Gasteiger partial charge in [0.1, 0.15) is 0 Å². The quantitative estimate of drug-likeness (QED) is 0.617. The van der Waals surface area contributed by atoms with Crippen molar-refractivity contribution in [2.24, 2.45) is 0 Å². The molecule has 2 aromatic carbocycles. The summed E-state index contributed by atoms with van der Waals surface area (Å²) in [4.78, 5) is 15.3. The van der Waals surface area contributed by atoms with Crippen LogP contribution in [0.2, 0.25) is 5.02 Å². The van der Waals surface area contributed by atoms with Crippen molar-refractivity contribution in [3.63, 3.8) is 0 Å². The lowest BCUT2D eigenvalue weighted by molar-refractivity contribution is -0.384. The van der Waals surface area contributed by atoms with Crippen LogP contribution in [0.5, 0.6) is 0 Å². The maximum Gasteiger partial charge on any atom is 0.269 e. The van der Waals surface area contributed by atoms with E-state index in [4.69, 9.17) is 11.6 Å². The van der Waals surface area contributed by atoms with E-state index in [0.29, 0.717) is 0 Å². The summed E-state index contributed by atoms with van der Waals surface area (Å²) in [6.07, 6.45) is 0. The molecule has 5 nitrogen and oxygen atoms in total.